The molecule has 0 radical (unpaired) electrons. The maximum Gasteiger partial charge on any atom is 0.126 e. The van der Waals surface area contributed by atoms with Crippen LogP contribution in [0.15, 0.2) is 170 Å². The summed E-state index contributed by atoms with van der Waals surface area (Å²) in [5.74, 6) is 0.130. The summed E-state index contributed by atoms with van der Waals surface area (Å²) in [4.78, 5) is 4.83. The van der Waals surface area contributed by atoms with Crippen molar-refractivity contribution in [2.24, 2.45) is 5.41 Å². The van der Waals surface area contributed by atoms with Crippen LogP contribution < -0.4 is 9.92 Å². The van der Waals surface area contributed by atoms with E-state index in [2.05, 4.69) is 347 Å². The average Bonchev–Trinajstić information content (AvgIpc) is 0.761. The van der Waals surface area contributed by atoms with Gasteiger partial charge >= 0.3 is 0 Å². The number of aryl methyl sites for hydroxylation is 7. The normalized spacial score (nSPS) is 16.5. The second-order valence-electron chi connectivity index (χ2n) is 44.2. The summed E-state index contributed by atoms with van der Waals surface area (Å²) < 4.78 is 71.9. The van der Waals surface area contributed by atoms with E-state index in [-0.39, 0.29) is 37.9 Å². The molecule has 3 heteroatoms. The molecule has 0 unspecified atom stereocenters. The lowest BCUT2D eigenvalue weighted by molar-refractivity contribution is 0.225. The maximum absolute atomic E-state index is 9.29. The predicted molar refractivity (Wildman–Crippen MR) is 535 cm³/mol. The van der Waals surface area contributed by atoms with E-state index in [4.69, 9.17) is 19.3 Å². The van der Waals surface area contributed by atoms with E-state index >= 15 is 0 Å². The van der Waals surface area contributed by atoms with E-state index in [1.54, 1.807) is 7.11 Å². The van der Waals surface area contributed by atoms with Gasteiger partial charge in [0.2, 0.25) is 0 Å². The van der Waals surface area contributed by atoms with Gasteiger partial charge in [-0.15, -0.1) is 0 Å². The number of methoxy groups -OCH3 is 1. The number of benzene rings is 11. The molecule has 0 atom stereocenters. The summed E-state index contributed by atoms with van der Waals surface area (Å²) >= 11 is 0. The minimum atomic E-state index is -2.58. The summed E-state index contributed by atoms with van der Waals surface area (Å²) in [6.07, 6.45) is 9.90. The molecule has 2 saturated carbocycles. The van der Waals surface area contributed by atoms with Gasteiger partial charge in [0.25, 0.3) is 0 Å². The van der Waals surface area contributed by atoms with E-state index in [9.17, 15) is 1.37 Å². The van der Waals surface area contributed by atoms with Crippen molar-refractivity contribution in [2.75, 3.05) is 7.11 Å². The van der Waals surface area contributed by atoms with Gasteiger partial charge in [0.05, 0.1) is 20.7 Å². The third-order valence-corrected chi connectivity index (χ3v) is 27.3. The van der Waals surface area contributed by atoms with Gasteiger partial charge in [-0.05, 0) is 297 Å². The highest BCUT2D eigenvalue weighted by Crippen LogP contribution is 2.48. The Bertz CT molecular complexity index is 5810. The van der Waals surface area contributed by atoms with Gasteiger partial charge in [-0.1, -0.05) is 382 Å². The molecule has 0 N–H and O–H groups in total. The molecule has 2 aliphatic carbocycles. The van der Waals surface area contributed by atoms with Crippen molar-refractivity contribution in [2.45, 2.75) is 361 Å². The molecule has 0 amide bonds. The molecule has 12 aromatic rings. The Morgan fingerprint density at radius 2 is 0.647 bits per heavy atom. The van der Waals surface area contributed by atoms with Crippen molar-refractivity contribution >= 4 is 78.0 Å². The van der Waals surface area contributed by atoms with E-state index in [1.807, 2.05) is 57.3 Å². The van der Waals surface area contributed by atoms with E-state index in [0.29, 0.717) is 5.41 Å². The largest absolute Gasteiger partial charge is 0.496 e. The number of hydrogen-bond acceptors (Lipinski definition) is 2. The second-order valence-corrected chi connectivity index (χ2v) is 48.0. The Balaban J connectivity index is 0.000000173. The number of hydrogen-bond donors (Lipinski definition) is 0. The predicted octanol–water partition coefficient (Wildman–Crippen LogP) is 34.3. The van der Waals surface area contributed by atoms with Crippen molar-refractivity contribution in [1.82, 2.24) is 4.98 Å². The van der Waals surface area contributed by atoms with Crippen molar-refractivity contribution in [1.29, 1.82) is 0 Å². The first-order chi connectivity index (χ1) is 58.1. The quantitative estimate of drug-likeness (QED) is 0.164. The molecule has 1 aromatic heterocycles. The molecule has 119 heavy (non-hydrogen) atoms. The molecule has 11 aromatic carbocycles. The first-order valence-electron chi connectivity index (χ1n) is 48.7. The van der Waals surface area contributed by atoms with Crippen LogP contribution >= 0.6 is 0 Å². The average molecular weight is 1620 g/mol. The smallest absolute Gasteiger partial charge is 0.126 e. The van der Waals surface area contributed by atoms with Crippen LogP contribution in [0.4, 0.5) is 0 Å². The third-order valence-electron chi connectivity index (χ3n) is 25.6. The minimum absolute atomic E-state index is 0.00207. The highest BCUT2D eigenvalue weighted by atomic mass is 28.3. The Morgan fingerprint density at radius 1 is 0.336 bits per heavy atom. The van der Waals surface area contributed by atoms with Crippen LogP contribution in [0.1, 0.15) is 355 Å². The van der Waals surface area contributed by atoms with Crippen LogP contribution in [-0.4, -0.2) is 20.2 Å². The van der Waals surface area contributed by atoms with Gasteiger partial charge in [0, 0.05) is 27.4 Å². The first-order valence-corrected chi connectivity index (χ1v) is 47.7. The molecule has 638 valence electrons. The fraction of sp³-hybridized carbons (Fsp3) is 0.491. The summed E-state index contributed by atoms with van der Waals surface area (Å²) in [6.45, 7) is 70.8. The van der Waals surface area contributed by atoms with Gasteiger partial charge in [-0.25, -0.2) is 0 Å². The van der Waals surface area contributed by atoms with Crippen LogP contribution in [0.2, 0.25) is 19.6 Å². The Kier molecular flexibility index (Phi) is 25.4. The van der Waals surface area contributed by atoms with Gasteiger partial charge in [0.1, 0.15) is 5.75 Å². The SMILES string of the molecule is COc1cc(C(C)(C)C)c(C)c2ccccc12.Cc1ccc2c(C)c(C(C)(C)C)cc(C(C)(C)C)c2n1.[2H]C([2H])([2H])C(C)(C)c1cc(C(C)(C)C)c(C)c2ccccc12.[2H]C([2H])([2H])[Si](C)(C)c1cc(C(C)(C)C)c(C)c2ccccc12.[2H]C1(c2cc(C(C)(C)C)c(C)c3ccccc23)CCC(C)(C)CC1.[2H]C1(c2cc(C(C)(C)C)c(C)c3ccccc23)CCCCC1. The molecule has 2 aliphatic rings. The molecule has 2 fully saturated rings. The summed E-state index contributed by atoms with van der Waals surface area (Å²) in [5, 5.41) is 14.6. The zero-order valence-electron chi connectivity index (χ0n) is 88.9. The van der Waals surface area contributed by atoms with E-state index in [1.165, 1.54) is 151 Å². The highest BCUT2D eigenvalue weighted by Gasteiger charge is 2.33. The molecule has 1 heterocycles. The molecule has 0 saturated heterocycles. The van der Waals surface area contributed by atoms with Gasteiger partial charge in [-0.2, -0.15) is 0 Å². The number of rotatable bonds is 4. The molecular weight excluding hydrogens is 1450 g/mol. The van der Waals surface area contributed by atoms with Gasteiger partial charge in [0.15, 0.2) is 0 Å². The maximum atomic E-state index is 9.29. The van der Waals surface area contributed by atoms with Crippen molar-refractivity contribution < 1.29 is 15.7 Å². The second kappa shape index (κ2) is 36.3. The Labute approximate surface area is 738 Å². The van der Waals surface area contributed by atoms with Crippen LogP contribution in [0.25, 0.3) is 64.8 Å². The van der Waals surface area contributed by atoms with E-state index < -0.39 is 38.6 Å². The topological polar surface area (TPSA) is 22.1 Å². The molecule has 14 rings (SSSR count). The van der Waals surface area contributed by atoms with Crippen molar-refractivity contribution in [3.05, 3.63) is 265 Å². The molecule has 0 spiro atoms. The molecular formula is C116H159NOSi. The van der Waals surface area contributed by atoms with Crippen molar-refractivity contribution in [3.8, 4) is 5.75 Å². The molecule has 0 bridgehead atoms. The van der Waals surface area contributed by atoms with Crippen LogP contribution in [0.5, 0.6) is 5.75 Å². The van der Waals surface area contributed by atoms with Gasteiger partial charge < -0.3 is 4.74 Å². The number of nitrogens with zero attached hydrogens (tertiary/aromatic N) is 1. The monoisotopic (exact) mass is 1620 g/mol. The number of ether oxygens (including phenoxy) is 1. The summed E-state index contributed by atoms with van der Waals surface area (Å²) in [5.41, 5.74) is 23.2. The highest BCUT2D eigenvalue weighted by molar-refractivity contribution is 6.90. The third kappa shape index (κ3) is 22.3. The fourth-order valence-electron chi connectivity index (χ4n) is 18.9. The fourth-order valence-corrected chi connectivity index (χ4v) is 20.3. The zero-order chi connectivity index (χ0) is 95.5. The first kappa shape index (κ1) is 83.4. The number of pyridine rings is 1. The van der Waals surface area contributed by atoms with Gasteiger partial charge in [-0.3, -0.25) is 4.98 Å². The van der Waals surface area contributed by atoms with E-state index in [0.717, 1.165) is 76.9 Å². The Morgan fingerprint density at radius 3 is 1.03 bits per heavy atom. The zero-order valence-corrected chi connectivity index (χ0v) is 81.9. The van der Waals surface area contributed by atoms with Crippen LogP contribution in [-0.2, 0) is 43.3 Å². The number of aromatic nitrogens is 1. The lowest BCUT2D eigenvalue weighted by Crippen LogP contribution is -2.39. The molecule has 2 nitrogen and oxygen atoms in total. The van der Waals surface area contributed by atoms with Crippen LogP contribution in [0, 0.1) is 53.9 Å². The lowest BCUT2D eigenvalue weighted by Gasteiger charge is -2.36. The summed E-state index contributed by atoms with van der Waals surface area (Å²) in [6, 6.07) is 60.1. The van der Waals surface area contributed by atoms with Crippen LogP contribution in [0.3, 0.4) is 0 Å². The van der Waals surface area contributed by atoms with Crippen molar-refractivity contribution in [3.63, 3.8) is 0 Å². The molecule has 0 aliphatic heterocycles. The number of fused-ring (bicyclic) bond motifs is 6. The minimum Gasteiger partial charge on any atom is -0.496 e. The summed E-state index contributed by atoms with van der Waals surface area (Å²) in [7, 11) is -0.839. The Hall–Kier alpha value is -7.85. The standard InChI is InChI=1S/C23H32.C21H28.C19H27N.C19H26.C18H26Si.C16H20O/c1-16-18-9-7-8-10-19(18)20(15-21(16)22(2,3)4)17-11-13-23(5,6)14-12-17;1-15-17-12-8-9-13-18(17)19(14-20(15)21(2,3)4)16-10-6-5-7-11-16;1-12-9-10-14-13(2)15(18(3,4)5)11-16(17(14)20-12)19(6,7)8;2*1-13-14-10-8-9-11-15(14)17(19(5,6)7)12-16(13)18(2,3)4;1-11-12-8-6-7-9-13(12)15(17-5)10-14(11)16(2,3)4/h7-10,15,17H,11-14H2,1-6H3;8-9,12-14,16H,5-7,10-11H2,1-4H3;9-11H,1-8H3;2*8-12H,1-7H3;6-10H,1-5H3/i17D;16D;;2*5D3;. The lowest BCUT2D eigenvalue weighted by atomic mass is 9.69.